The number of carboxylic acid groups (broad SMARTS) is 1. The Hall–Kier alpha value is -1.33. The zero-order valence-corrected chi connectivity index (χ0v) is 10.8. The van der Waals surface area contributed by atoms with E-state index in [4.69, 9.17) is 16.7 Å². The van der Waals surface area contributed by atoms with Crippen LogP contribution in [0.2, 0.25) is 5.02 Å². The SMILES string of the molecule is CC(CN(C)C)Nc1nccc(C(=O)O)c1Cl. The lowest BCUT2D eigenvalue weighted by Crippen LogP contribution is -2.30. The maximum Gasteiger partial charge on any atom is 0.337 e. The number of hydrogen-bond donors (Lipinski definition) is 2. The van der Waals surface area contributed by atoms with E-state index in [1.54, 1.807) is 0 Å². The van der Waals surface area contributed by atoms with Crippen molar-refractivity contribution in [2.24, 2.45) is 0 Å². The van der Waals surface area contributed by atoms with Crippen LogP contribution in [0.25, 0.3) is 0 Å². The molecule has 0 radical (unpaired) electrons. The molecule has 1 atom stereocenters. The van der Waals surface area contributed by atoms with Gasteiger partial charge in [-0.2, -0.15) is 0 Å². The van der Waals surface area contributed by atoms with E-state index in [9.17, 15) is 4.79 Å². The first-order chi connectivity index (χ1) is 7.91. The Balaban J connectivity index is 2.85. The smallest absolute Gasteiger partial charge is 0.337 e. The minimum Gasteiger partial charge on any atom is -0.478 e. The van der Waals surface area contributed by atoms with E-state index < -0.39 is 5.97 Å². The number of rotatable bonds is 5. The van der Waals surface area contributed by atoms with Gasteiger partial charge >= 0.3 is 5.97 Å². The largest absolute Gasteiger partial charge is 0.478 e. The maximum absolute atomic E-state index is 10.9. The van der Waals surface area contributed by atoms with Crippen LogP contribution in [0, 0.1) is 0 Å². The molecule has 0 bridgehead atoms. The van der Waals surface area contributed by atoms with E-state index in [2.05, 4.69) is 10.3 Å². The zero-order chi connectivity index (χ0) is 13.0. The first-order valence-corrected chi connectivity index (χ1v) is 5.58. The molecule has 1 rings (SSSR count). The van der Waals surface area contributed by atoms with Gasteiger partial charge in [-0.3, -0.25) is 0 Å². The maximum atomic E-state index is 10.9. The van der Waals surface area contributed by atoms with Gasteiger partial charge in [0.15, 0.2) is 0 Å². The number of carbonyl (C=O) groups is 1. The Morgan fingerprint density at radius 2 is 2.29 bits per heavy atom. The topological polar surface area (TPSA) is 65.5 Å². The molecule has 5 nitrogen and oxygen atoms in total. The lowest BCUT2D eigenvalue weighted by atomic mass is 10.2. The Labute approximate surface area is 105 Å². The summed E-state index contributed by atoms with van der Waals surface area (Å²) in [6.45, 7) is 2.78. The average Bonchev–Trinajstić information content (AvgIpc) is 2.19. The zero-order valence-electron chi connectivity index (χ0n) is 10.1. The van der Waals surface area contributed by atoms with Gasteiger partial charge in [-0.05, 0) is 27.1 Å². The summed E-state index contributed by atoms with van der Waals surface area (Å²) in [4.78, 5) is 17.0. The van der Waals surface area contributed by atoms with Crippen LogP contribution in [0.15, 0.2) is 12.3 Å². The van der Waals surface area contributed by atoms with Gasteiger partial charge < -0.3 is 15.3 Å². The van der Waals surface area contributed by atoms with Crippen molar-refractivity contribution in [1.82, 2.24) is 9.88 Å². The lowest BCUT2D eigenvalue weighted by Gasteiger charge is -2.19. The second-order valence-electron chi connectivity index (χ2n) is 4.13. The summed E-state index contributed by atoms with van der Waals surface area (Å²) >= 11 is 5.96. The fourth-order valence-electron chi connectivity index (χ4n) is 1.54. The molecule has 1 aromatic rings. The van der Waals surface area contributed by atoms with E-state index in [1.165, 1.54) is 12.3 Å². The monoisotopic (exact) mass is 257 g/mol. The molecular formula is C11H16ClN3O2. The average molecular weight is 258 g/mol. The third-order valence-electron chi connectivity index (χ3n) is 2.14. The minimum absolute atomic E-state index is 0.0567. The van der Waals surface area contributed by atoms with E-state index in [0.717, 1.165) is 6.54 Å². The van der Waals surface area contributed by atoms with Gasteiger partial charge in [-0.25, -0.2) is 9.78 Å². The highest BCUT2D eigenvalue weighted by Gasteiger charge is 2.14. The second kappa shape index (κ2) is 5.84. The molecule has 0 aliphatic heterocycles. The number of halogens is 1. The molecule has 17 heavy (non-hydrogen) atoms. The number of nitrogens with zero attached hydrogens (tertiary/aromatic N) is 2. The Bertz CT molecular complexity index is 410. The fraction of sp³-hybridized carbons (Fsp3) is 0.455. The number of pyridine rings is 1. The highest BCUT2D eigenvalue weighted by Crippen LogP contribution is 2.23. The summed E-state index contributed by atoms with van der Waals surface area (Å²) in [6.07, 6.45) is 1.43. The van der Waals surface area contributed by atoms with E-state index >= 15 is 0 Å². The van der Waals surface area contributed by atoms with Crippen molar-refractivity contribution >= 4 is 23.4 Å². The molecule has 6 heteroatoms. The standard InChI is InChI=1S/C11H16ClN3O2/c1-7(6-15(2)3)14-10-9(12)8(11(16)17)4-5-13-10/h4-5,7H,6H2,1-3H3,(H,13,14)(H,16,17). The van der Waals surface area contributed by atoms with Crippen LogP contribution in [0.1, 0.15) is 17.3 Å². The van der Waals surface area contributed by atoms with Crippen LogP contribution in [0.3, 0.4) is 0 Å². The summed E-state index contributed by atoms with van der Waals surface area (Å²) in [5.41, 5.74) is 0.0567. The van der Waals surface area contributed by atoms with E-state index in [0.29, 0.717) is 5.82 Å². The molecule has 1 unspecified atom stereocenters. The van der Waals surface area contributed by atoms with Crippen LogP contribution >= 0.6 is 11.6 Å². The molecule has 1 aromatic heterocycles. The normalized spacial score (nSPS) is 12.5. The molecule has 0 amide bonds. The molecule has 0 aliphatic carbocycles. The van der Waals surface area contributed by atoms with Crippen molar-refractivity contribution in [3.8, 4) is 0 Å². The third kappa shape index (κ3) is 3.87. The first kappa shape index (κ1) is 13.7. The second-order valence-corrected chi connectivity index (χ2v) is 4.51. The fourth-order valence-corrected chi connectivity index (χ4v) is 1.78. The van der Waals surface area contributed by atoms with Crippen LogP contribution in [-0.4, -0.2) is 47.6 Å². The van der Waals surface area contributed by atoms with Crippen LogP contribution in [-0.2, 0) is 0 Å². The quantitative estimate of drug-likeness (QED) is 0.842. The predicted molar refractivity (Wildman–Crippen MR) is 67.8 cm³/mol. The molecule has 0 aromatic carbocycles. The predicted octanol–water partition coefficient (Wildman–Crippen LogP) is 1.80. The van der Waals surface area contributed by atoms with Crippen molar-refractivity contribution in [2.75, 3.05) is 26.0 Å². The molecule has 0 saturated carbocycles. The molecular weight excluding hydrogens is 242 g/mol. The number of carboxylic acids is 1. The van der Waals surface area contributed by atoms with Crippen molar-refractivity contribution in [1.29, 1.82) is 0 Å². The Kier molecular flexibility index (Phi) is 4.72. The van der Waals surface area contributed by atoms with Gasteiger partial charge in [0, 0.05) is 18.8 Å². The van der Waals surface area contributed by atoms with Crippen molar-refractivity contribution in [3.05, 3.63) is 22.8 Å². The van der Waals surface area contributed by atoms with Gasteiger partial charge in [0.25, 0.3) is 0 Å². The summed E-state index contributed by atoms with van der Waals surface area (Å²) in [7, 11) is 3.92. The van der Waals surface area contributed by atoms with E-state index in [-0.39, 0.29) is 16.6 Å². The number of likely N-dealkylation sites (N-methyl/N-ethyl adjacent to an activating group) is 1. The van der Waals surface area contributed by atoms with Crippen LogP contribution in [0.5, 0.6) is 0 Å². The number of aromatic carboxylic acids is 1. The summed E-state index contributed by atoms with van der Waals surface area (Å²) in [5.74, 6) is -0.651. The van der Waals surface area contributed by atoms with E-state index in [1.807, 2.05) is 25.9 Å². The number of anilines is 1. The molecule has 0 spiro atoms. The van der Waals surface area contributed by atoms with Gasteiger partial charge in [-0.15, -0.1) is 0 Å². The minimum atomic E-state index is -1.05. The lowest BCUT2D eigenvalue weighted by molar-refractivity contribution is 0.0697. The van der Waals surface area contributed by atoms with Gasteiger partial charge in [0.05, 0.1) is 10.6 Å². The highest BCUT2D eigenvalue weighted by molar-refractivity contribution is 6.35. The number of nitrogens with one attached hydrogen (secondary N) is 1. The van der Waals surface area contributed by atoms with Gasteiger partial charge in [0.1, 0.15) is 5.82 Å². The van der Waals surface area contributed by atoms with Gasteiger partial charge in [-0.1, -0.05) is 11.6 Å². The summed E-state index contributed by atoms with van der Waals surface area (Å²) < 4.78 is 0. The van der Waals surface area contributed by atoms with Crippen LogP contribution < -0.4 is 5.32 Å². The van der Waals surface area contributed by atoms with Crippen molar-refractivity contribution in [3.63, 3.8) is 0 Å². The first-order valence-electron chi connectivity index (χ1n) is 5.21. The van der Waals surface area contributed by atoms with Crippen molar-refractivity contribution < 1.29 is 9.90 Å². The molecule has 0 saturated heterocycles. The molecule has 2 N–H and O–H groups in total. The molecule has 0 fully saturated rings. The number of aromatic nitrogens is 1. The Morgan fingerprint density at radius 3 is 2.82 bits per heavy atom. The van der Waals surface area contributed by atoms with Crippen molar-refractivity contribution in [2.45, 2.75) is 13.0 Å². The summed E-state index contributed by atoms with van der Waals surface area (Å²) in [6, 6.07) is 1.51. The van der Waals surface area contributed by atoms with Crippen LogP contribution in [0.4, 0.5) is 5.82 Å². The molecule has 94 valence electrons. The number of hydrogen-bond acceptors (Lipinski definition) is 4. The summed E-state index contributed by atoms with van der Waals surface area (Å²) in [5, 5.41) is 12.2. The van der Waals surface area contributed by atoms with Gasteiger partial charge in [0.2, 0.25) is 0 Å². The molecule has 1 heterocycles. The molecule has 0 aliphatic rings. The Morgan fingerprint density at radius 1 is 1.65 bits per heavy atom. The third-order valence-corrected chi connectivity index (χ3v) is 2.52. The highest BCUT2D eigenvalue weighted by atomic mass is 35.5.